The van der Waals surface area contributed by atoms with Gasteiger partial charge in [-0.3, -0.25) is 0 Å². The highest BCUT2D eigenvalue weighted by Gasteiger charge is 2.31. The topological polar surface area (TPSA) is 28.2 Å². The molecule has 2 aliphatic heterocycles. The van der Waals surface area contributed by atoms with Crippen LogP contribution in [0.5, 0.6) is 0 Å². The number of pyridine rings is 1. The zero-order valence-corrected chi connectivity index (χ0v) is 11.7. The Morgan fingerprint density at radius 2 is 2.17 bits per heavy atom. The second-order valence-corrected chi connectivity index (χ2v) is 6.03. The summed E-state index contributed by atoms with van der Waals surface area (Å²) in [4.78, 5) is 6.88. The summed E-state index contributed by atoms with van der Waals surface area (Å²) in [6, 6.07) is 2.97. The van der Waals surface area contributed by atoms with E-state index in [2.05, 4.69) is 15.2 Å². The molecule has 0 aromatic carbocycles. The van der Waals surface area contributed by atoms with Crippen LogP contribution in [0.15, 0.2) is 12.3 Å². The summed E-state index contributed by atoms with van der Waals surface area (Å²) >= 11 is 12.0. The Labute approximate surface area is 117 Å². The molecule has 2 aliphatic rings. The van der Waals surface area contributed by atoms with E-state index in [1.54, 1.807) is 12.3 Å². The lowest BCUT2D eigenvalue weighted by Gasteiger charge is -2.35. The SMILES string of the molecule is Clc1cnc(NC2CCN3CCCC3C2)c(Cl)c1. The monoisotopic (exact) mass is 285 g/mol. The van der Waals surface area contributed by atoms with E-state index in [1.807, 2.05) is 0 Å². The van der Waals surface area contributed by atoms with Gasteiger partial charge in [0.15, 0.2) is 0 Å². The van der Waals surface area contributed by atoms with Crippen molar-refractivity contribution in [2.75, 3.05) is 18.4 Å². The highest BCUT2D eigenvalue weighted by Crippen LogP contribution is 2.30. The van der Waals surface area contributed by atoms with Crippen LogP contribution in [0.4, 0.5) is 5.82 Å². The summed E-state index contributed by atoms with van der Waals surface area (Å²) in [5.74, 6) is 0.762. The number of rotatable bonds is 2. The van der Waals surface area contributed by atoms with E-state index in [0.29, 0.717) is 16.1 Å². The van der Waals surface area contributed by atoms with Crippen LogP contribution in [-0.4, -0.2) is 35.1 Å². The largest absolute Gasteiger partial charge is 0.366 e. The molecule has 2 fully saturated rings. The van der Waals surface area contributed by atoms with Crippen LogP contribution in [0.1, 0.15) is 25.7 Å². The molecule has 0 aliphatic carbocycles. The fourth-order valence-corrected chi connectivity index (χ4v) is 3.50. The normalized spacial score (nSPS) is 28.1. The van der Waals surface area contributed by atoms with Crippen molar-refractivity contribution in [1.29, 1.82) is 0 Å². The summed E-state index contributed by atoms with van der Waals surface area (Å²) in [6.07, 6.45) is 6.68. The summed E-state index contributed by atoms with van der Waals surface area (Å²) in [5, 5.41) is 4.65. The van der Waals surface area contributed by atoms with Gasteiger partial charge in [0.2, 0.25) is 0 Å². The highest BCUT2D eigenvalue weighted by molar-refractivity contribution is 6.35. The van der Waals surface area contributed by atoms with Gasteiger partial charge >= 0.3 is 0 Å². The number of piperidine rings is 1. The molecule has 18 heavy (non-hydrogen) atoms. The van der Waals surface area contributed by atoms with Crippen molar-refractivity contribution >= 4 is 29.0 Å². The Morgan fingerprint density at radius 3 is 3.00 bits per heavy atom. The first-order chi connectivity index (χ1) is 8.72. The Hall–Kier alpha value is -0.510. The summed E-state index contributed by atoms with van der Waals surface area (Å²) in [6.45, 7) is 2.46. The number of nitrogens with one attached hydrogen (secondary N) is 1. The quantitative estimate of drug-likeness (QED) is 0.902. The molecular weight excluding hydrogens is 269 g/mol. The van der Waals surface area contributed by atoms with Crippen LogP contribution in [-0.2, 0) is 0 Å². The number of anilines is 1. The minimum absolute atomic E-state index is 0.482. The first-order valence-electron chi connectivity index (χ1n) is 6.54. The maximum atomic E-state index is 6.14. The zero-order valence-electron chi connectivity index (χ0n) is 10.2. The average Bonchev–Trinajstić information content (AvgIpc) is 2.80. The summed E-state index contributed by atoms with van der Waals surface area (Å²) < 4.78 is 0. The third-order valence-corrected chi connectivity index (χ3v) is 4.46. The Balaban J connectivity index is 1.66. The van der Waals surface area contributed by atoms with Crippen LogP contribution in [0.2, 0.25) is 10.0 Å². The molecule has 0 radical (unpaired) electrons. The van der Waals surface area contributed by atoms with E-state index in [4.69, 9.17) is 23.2 Å². The standard InChI is InChI=1S/C13H17Cl2N3/c14-9-6-12(15)13(16-8-9)17-10-3-5-18-4-1-2-11(18)7-10/h6,8,10-11H,1-5,7H2,(H,16,17). The van der Waals surface area contributed by atoms with Gasteiger partial charge in [-0.05, 0) is 38.3 Å². The van der Waals surface area contributed by atoms with Crippen molar-refractivity contribution in [2.45, 2.75) is 37.8 Å². The van der Waals surface area contributed by atoms with Gasteiger partial charge in [0, 0.05) is 24.8 Å². The van der Waals surface area contributed by atoms with Crippen molar-refractivity contribution in [1.82, 2.24) is 9.88 Å². The van der Waals surface area contributed by atoms with E-state index in [9.17, 15) is 0 Å². The molecule has 0 spiro atoms. The molecule has 5 heteroatoms. The number of nitrogens with zero attached hydrogens (tertiary/aromatic N) is 2. The van der Waals surface area contributed by atoms with E-state index in [1.165, 1.54) is 32.4 Å². The molecular formula is C13H17Cl2N3. The van der Waals surface area contributed by atoms with Crippen molar-refractivity contribution in [3.8, 4) is 0 Å². The third kappa shape index (κ3) is 2.58. The molecule has 0 amide bonds. The van der Waals surface area contributed by atoms with Crippen molar-refractivity contribution < 1.29 is 0 Å². The average molecular weight is 286 g/mol. The lowest BCUT2D eigenvalue weighted by atomic mass is 9.97. The second kappa shape index (κ2) is 5.24. The van der Waals surface area contributed by atoms with E-state index in [-0.39, 0.29) is 0 Å². The molecule has 1 aromatic rings. The van der Waals surface area contributed by atoms with Crippen molar-refractivity contribution in [2.24, 2.45) is 0 Å². The molecule has 3 nitrogen and oxygen atoms in total. The van der Waals surface area contributed by atoms with Crippen LogP contribution in [0.3, 0.4) is 0 Å². The molecule has 2 atom stereocenters. The predicted molar refractivity (Wildman–Crippen MR) is 75.5 cm³/mol. The van der Waals surface area contributed by atoms with Gasteiger partial charge in [-0.2, -0.15) is 0 Å². The van der Waals surface area contributed by atoms with Gasteiger partial charge in [0.25, 0.3) is 0 Å². The minimum Gasteiger partial charge on any atom is -0.366 e. The molecule has 0 saturated carbocycles. The number of hydrogen-bond acceptors (Lipinski definition) is 3. The van der Waals surface area contributed by atoms with Gasteiger partial charge in [-0.1, -0.05) is 23.2 Å². The zero-order chi connectivity index (χ0) is 12.5. The van der Waals surface area contributed by atoms with Crippen LogP contribution < -0.4 is 5.32 Å². The lowest BCUT2D eigenvalue weighted by molar-refractivity contribution is 0.188. The predicted octanol–water partition coefficient (Wildman–Crippen LogP) is 3.43. The smallest absolute Gasteiger partial charge is 0.145 e. The minimum atomic E-state index is 0.482. The van der Waals surface area contributed by atoms with E-state index in [0.717, 1.165) is 18.3 Å². The molecule has 2 unspecified atom stereocenters. The van der Waals surface area contributed by atoms with E-state index >= 15 is 0 Å². The molecule has 98 valence electrons. The van der Waals surface area contributed by atoms with Gasteiger partial charge in [-0.25, -0.2) is 4.98 Å². The molecule has 1 aromatic heterocycles. The van der Waals surface area contributed by atoms with E-state index < -0.39 is 0 Å². The van der Waals surface area contributed by atoms with Gasteiger partial charge in [0.05, 0.1) is 10.0 Å². The molecule has 2 saturated heterocycles. The van der Waals surface area contributed by atoms with Crippen molar-refractivity contribution in [3.05, 3.63) is 22.3 Å². The lowest BCUT2D eigenvalue weighted by Crippen LogP contribution is -2.42. The molecule has 3 rings (SSSR count). The van der Waals surface area contributed by atoms with Gasteiger partial charge in [0.1, 0.15) is 5.82 Å². The second-order valence-electron chi connectivity index (χ2n) is 5.18. The number of hydrogen-bond donors (Lipinski definition) is 1. The summed E-state index contributed by atoms with van der Waals surface area (Å²) in [7, 11) is 0. The summed E-state index contributed by atoms with van der Waals surface area (Å²) in [5.41, 5.74) is 0. The van der Waals surface area contributed by atoms with Crippen LogP contribution in [0.25, 0.3) is 0 Å². The van der Waals surface area contributed by atoms with Crippen LogP contribution >= 0.6 is 23.2 Å². The first kappa shape index (κ1) is 12.5. The maximum Gasteiger partial charge on any atom is 0.145 e. The number of aromatic nitrogens is 1. The Bertz CT molecular complexity index is 438. The third-order valence-electron chi connectivity index (χ3n) is 3.97. The Morgan fingerprint density at radius 1 is 1.28 bits per heavy atom. The number of halogens is 2. The van der Waals surface area contributed by atoms with Gasteiger partial charge < -0.3 is 10.2 Å². The molecule has 0 bridgehead atoms. The van der Waals surface area contributed by atoms with Gasteiger partial charge in [-0.15, -0.1) is 0 Å². The fraction of sp³-hybridized carbons (Fsp3) is 0.615. The Kier molecular flexibility index (Phi) is 3.64. The molecule has 3 heterocycles. The molecule has 1 N–H and O–H groups in total. The number of fused-ring (bicyclic) bond motifs is 1. The van der Waals surface area contributed by atoms with Crippen molar-refractivity contribution in [3.63, 3.8) is 0 Å². The fourth-order valence-electron chi connectivity index (χ4n) is 3.07. The van der Waals surface area contributed by atoms with Crippen LogP contribution in [0, 0.1) is 0 Å². The first-order valence-corrected chi connectivity index (χ1v) is 7.29. The highest BCUT2D eigenvalue weighted by atomic mass is 35.5. The maximum absolute atomic E-state index is 6.14.